The fourth-order valence-corrected chi connectivity index (χ4v) is 13.7. The van der Waals surface area contributed by atoms with E-state index in [9.17, 15) is 36.0 Å². The molecule has 0 fully saturated rings. The van der Waals surface area contributed by atoms with E-state index in [4.69, 9.17) is 43.4 Å². The van der Waals surface area contributed by atoms with Gasteiger partial charge < -0.3 is 43.4 Å². The van der Waals surface area contributed by atoms with E-state index < -0.39 is 70.6 Å². The van der Waals surface area contributed by atoms with E-state index in [0.29, 0.717) is 40.2 Å². The van der Waals surface area contributed by atoms with Gasteiger partial charge in [-0.3, -0.25) is 19.2 Å². The molecule has 0 aliphatic rings. The number of rotatable bonds is 26. The SMILES string of the molecule is CC(C)(CC(C)(C)C(=O)Oc1ccc(C(C)(C)c2ccc(Oc3ccc(S(=O)(=O)c4ccc(Oc5ccc(C(C)(C)C)cc5)cc4)cc3)cc2)cc1)C(=O)OCCO.CC(C)(CC(C)(C)C(=O)Oc1ccc(S(=O)(=O)c2ccc(Oc3ccc(C(C)(C)C)cc3)cc2)cc1)C(=O)OCCO. The smallest absolute Gasteiger partial charge is 0.316 e. The molecule has 0 bridgehead atoms. The number of ether oxygens (including phenoxy) is 7. The van der Waals surface area contributed by atoms with Gasteiger partial charge in [-0.25, -0.2) is 16.8 Å². The van der Waals surface area contributed by atoms with Gasteiger partial charge in [0.25, 0.3) is 0 Å². The molecule has 17 nitrogen and oxygen atoms in total. The summed E-state index contributed by atoms with van der Waals surface area (Å²) in [5.41, 5.74) is 0.0819. The van der Waals surface area contributed by atoms with Crippen molar-refractivity contribution in [1.29, 1.82) is 0 Å². The third-order valence-electron chi connectivity index (χ3n) is 16.9. The Balaban J connectivity index is 0.000000296. The fraction of sp³-hybridized carbons (Fsp3) is 0.358. The minimum atomic E-state index is -3.83. The van der Waals surface area contributed by atoms with Crippen molar-refractivity contribution in [2.24, 2.45) is 21.7 Å². The van der Waals surface area contributed by atoms with Crippen LogP contribution in [-0.4, -0.2) is 77.4 Å². The standard InChI is InChI=1S/C48H54O9S.C33H40O8S/c1-45(2,3)33-10-16-36(17-11-33)55-38-22-26-41(27-23-38)58(52,53)42-28-24-39(25-29-42)56-37-18-12-34(13-19-37)48(8,9)35-14-20-40(21-15-35)57-44(51)47(6,7)32-46(4,5)43(50)54-31-30-49;1-31(2,3)23-8-10-24(11-9-23)40-25-12-16-27(17-13-25)42(37,38)28-18-14-26(15-19-28)41-30(36)33(6,7)22-32(4,5)29(35)39-21-20-34/h10-29,49H,30-32H2,1-9H3;8-19,34H,20-22H2,1-7H3. The van der Waals surface area contributed by atoms with E-state index in [0.717, 1.165) is 11.1 Å². The zero-order chi connectivity index (χ0) is 73.9. The summed E-state index contributed by atoms with van der Waals surface area (Å²) in [7, 11) is -7.60. The molecule has 0 aliphatic heterocycles. The number of benzene rings is 8. The summed E-state index contributed by atoms with van der Waals surface area (Å²) in [6.07, 6.45) is 0.333. The summed E-state index contributed by atoms with van der Waals surface area (Å²) in [5.74, 6) is 1.96. The fourth-order valence-electron chi connectivity index (χ4n) is 11.2. The Morgan fingerprint density at radius 1 is 0.290 bits per heavy atom. The molecular formula is C81H94O17S2. The highest BCUT2D eigenvalue weighted by molar-refractivity contribution is 7.91. The van der Waals surface area contributed by atoms with Crippen molar-refractivity contribution in [1.82, 2.24) is 0 Å². The van der Waals surface area contributed by atoms with E-state index >= 15 is 0 Å². The van der Waals surface area contributed by atoms with Crippen molar-refractivity contribution in [3.63, 3.8) is 0 Å². The van der Waals surface area contributed by atoms with E-state index in [-0.39, 0.29) is 75.4 Å². The molecule has 532 valence electrons. The Labute approximate surface area is 589 Å². The van der Waals surface area contributed by atoms with Gasteiger partial charge in [-0.2, -0.15) is 0 Å². The van der Waals surface area contributed by atoms with Gasteiger partial charge in [0.15, 0.2) is 0 Å². The number of sulfone groups is 2. The molecule has 0 heterocycles. The van der Waals surface area contributed by atoms with Gasteiger partial charge in [0.1, 0.15) is 59.2 Å². The van der Waals surface area contributed by atoms with Crippen molar-refractivity contribution in [3.05, 3.63) is 216 Å². The molecule has 0 unspecified atom stereocenters. The van der Waals surface area contributed by atoms with E-state index in [1.54, 1.807) is 116 Å². The molecule has 0 aromatic heterocycles. The number of carbonyl (C=O) groups excluding carboxylic acids is 4. The van der Waals surface area contributed by atoms with Gasteiger partial charge >= 0.3 is 23.9 Å². The van der Waals surface area contributed by atoms with Gasteiger partial charge in [0, 0.05) is 5.41 Å². The van der Waals surface area contributed by atoms with Crippen molar-refractivity contribution in [2.75, 3.05) is 26.4 Å². The lowest BCUT2D eigenvalue weighted by atomic mass is 9.75. The summed E-state index contributed by atoms with van der Waals surface area (Å²) in [5, 5.41) is 17.9. The van der Waals surface area contributed by atoms with E-state index in [1.165, 1.54) is 59.7 Å². The largest absolute Gasteiger partial charge is 0.463 e. The molecule has 8 rings (SSSR count). The van der Waals surface area contributed by atoms with Crippen LogP contribution in [-0.2, 0) is 64.6 Å². The van der Waals surface area contributed by atoms with Gasteiger partial charge in [-0.1, -0.05) is 104 Å². The second kappa shape index (κ2) is 31.6. The number of aliphatic hydroxyl groups excluding tert-OH is 2. The maximum Gasteiger partial charge on any atom is 0.316 e. The highest BCUT2D eigenvalue weighted by Crippen LogP contribution is 2.40. The van der Waals surface area contributed by atoms with Gasteiger partial charge in [-0.15, -0.1) is 0 Å². The highest BCUT2D eigenvalue weighted by atomic mass is 32.2. The first-order valence-corrected chi connectivity index (χ1v) is 35.9. The molecule has 0 aliphatic carbocycles. The number of hydrogen-bond donors (Lipinski definition) is 2. The molecule has 8 aromatic rings. The Hall–Kier alpha value is -9.14. The summed E-state index contributed by atoms with van der Waals surface area (Å²) in [6.45, 7) is 29.8. The highest BCUT2D eigenvalue weighted by Gasteiger charge is 2.43. The summed E-state index contributed by atoms with van der Waals surface area (Å²) < 4.78 is 92.5. The number of aliphatic hydroxyl groups is 2. The maximum absolute atomic E-state index is 13.4. The molecule has 2 N–H and O–H groups in total. The van der Waals surface area contributed by atoms with Crippen LogP contribution in [0.15, 0.2) is 214 Å². The number of esters is 4. The first-order chi connectivity index (χ1) is 46.6. The van der Waals surface area contributed by atoms with Crippen molar-refractivity contribution in [2.45, 2.75) is 159 Å². The second-order valence-electron chi connectivity index (χ2n) is 29.8. The van der Waals surface area contributed by atoms with Gasteiger partial charge in [-0.05, 0) is 247 Å². The predicted molar refractivity (Wildman–Crippen MR) is 384 cm³/mol. The average molecular weight is 1400 g/mol. The Bertz CT molecular complexity index is 4320. The number of carbonyl (C=O) groups is 4. The molecule has 8 aromatic carbocycles. The summed E-state index contributed by atoms with van der Waals surface area (Å²) in [4.78, 5) is 51.3. The molecular weight excluding hydrogens is 1310 g/mol. The van der Waals surface area contributed by atoms with Crippen LogP contribution >= 0.6 is 0 Å². The van der Waals surface area contributed by atoms with Crippen molar-refractivity contribution < 1.29 is 79.4 Å². The third kappa shape index (κ3) is 20.5. The predicted octanol–water partition coefficient (Wildman–Crippen LogP) is 17.1. The first-order valence-electron chi connectivity index (χ1n) is 32.9. The van der Waals surface area contributed by atoms with Crippen molar-refractivity contribution in [3.8, 4) is 46.0 Å². The molecule has 100 heavy (non-hydrogen) atoms. The lowest BCUT2D eigenvalue weighted by molar-refractivity contribution is -0.160. The summed E-state index contributed by atoms with van der Waals surface area (Å²) in [6, 6.07) is 55.2. The van der Waals surface area contributed by atoms with Crippen LogP contribution in [0.2, 0.25) is 0 Å². The van der Waals surface area contributed by atoms with E-state index in [2.05, 4.69) is 55.4 Å². The van der Waals surface area contributed by atoms with Crippen LogP contribution in [0, 0.1) is 21.7 Å². The van der Waals surface area contributed by atoms with Crippen LogP contribution in [0.3, 0.4) is 0 Å². The minimum Gasteiger partial charge on any atom is -0.463 e. The average Bonchev–Trinajstić information content (AvgIpc) is 0.807. The van der Waals surface area contributed by atoms with Crippen LogP contribution in [0.25, 0.3) is 0 Å². The molecule has 19 heteroatoms. The molecule has 0 atom stereocenters. The monoisotopic (exact) mass is 1400 g/mol. The van der Waals surface area contributed by atoms with Crippen molar-refractivity contribution >= 4 is 43.6 Å². The topological polar surface area (TPSA) is 242 Å². The Morgan fingerprint density at radius 3 is 0.720 bits per heavy atom. The van der Waals surface area contributed by atoms with Crippen LogP contribution in [0.5, 0.6) is 46.0 Å². The third-order valence-corrected chi connectivity index (χ3v) is 20.5. The van der Waals surface area contributed by atoms with Crippen LogP contribution in [0.1, 0.15) is 146 Å². The number of hydrogen-bond acceptors (Lipinski definition) is 17. The zero-order valence-electron chi connectivity index (χ0n) is 60.1. The Kier molecular flexibility index (Phi) is 24.7. The summed E-state index contributed by atoms with van der Waals surface area (Å²) >= 11 is 0. The Morgan fingerprint density at radius 2 is 0.490 bits per heavy atom. The quantitative estimate of drug-likeness (QED) is 0.0378. The lowest BCUT2D eigenvalue weighted by Gasteiger charge is -2.31. The van der Waals surface area contributed by atoms with Gasteiger partial charge in [0.05, 0.1) is 54.5 Å². The molecule has 0 spiro atoms. The van der Waals surface area contributed by atoms with Gasteiger partial charge in [0.2, 0.25) is 19.7 Å². The zero-order valence-corrected chi connectivity index (χ0v) is 61.7. The molecule has 0 saturated heterocycles. The maximum atomic E-state index is 13.4. The van der Waals surface area contributed by atoms with Crippen LogP contribution in [0.4, 0.5) is 0 Å². The second-order valence-corrected chi connectivity index (χ2v) is 33.7. The van der Waals surface area contributed by atoms with E-state index in [1.807, 2.05) is 84.9 Å². The minimum absolute atomic E-state index is 0.0285. The molecule has 0 saturated carbocycles. The van der Waals surface area contributed by atoms with Crippen LogP contribution < -0.4 is 23.7 Å². The molecule has 0 amide bonds. The lowest BCUT2D eigenvalue weighted by Crippen LogP contribution is -2.38. The molecule has 0 radical (unpaired) electrons. The normalized spacial score (nSPS) is 12.5. The first kappa shape index (κ1) is 78.2.